The van der Waals surface area contributed by atoms with Crippen LogP contribution in [-0.4, -0.2) is 35.5 Å². The molecule has 0 atom stereocenters. The number of aromatic carboxylic acids is 1. The molecule has 15 heavy (non-hydrogen) atoms. The smallest absolute Gasteiger partial charge is 0.338 e. The highest BCUT2D eigenvalue weighted by atomic mass is 32.2. The summed E-state index contributed by atoms with van der Waals surface area (Å²) in [7, 11) is 1.59. The maximum atomic E-state index is 10.9. The van der Waals surface area contributed by atoms with E-state index in [-0.39, 0.29) is 5.56 Å². The van der Waals surface area contributed by atoms with Crippen molar-refractivity contribution in [3.8, 4) is 0 Å². The number of hydrogen-bond acceptors (Lipinski definition) is 5. The maximum Gasteiger partial charge on any atom is 0.338 e. The van der Waals surface area contributed by atoms with Gasteiger partial charge in [-0.15, -0.1) is 11.8 Å². The number of nitrogens with zero attached hydrogens (tertiary/aromatic N) is 1. The molecule has 0 aliphatic rings. The van der Waals surface area contributed by atoms with E-state index in [1.165, 1.54) is 24.0 Å². The predicted molar refractivity (Wildman–Crippen MR) is 58.2 cm³/mol. The van der Waals surface area contributed by atoms with Crippen LogP contribution in [0.3, 0.4) is 0 Å². The number of carboxylic acids is 1. The molecule has 0 aliphatic heterocycles. The molecule has 0 saturated heterocycles. The Kier molecular flexibility index (Phi) is 4.38. The Balaban J connectivity index is 2.81. The average molecular weight is 228 g/mol. The molecule has 0 aliphatic carbocycles. The lowest BCUT2D eigenvalue weighted by Crippen LogP contribution is -2.03. The van der Waals surface area contributed by atoms with Crippen molar-refractivity contribution in [1.82, 2.24) is 4.98 Å². The van der Waals surface area contributed by atoms with Crippen molar-refractivity contribution >= 4 is 23.4 Å². The van der Waals surface area contributed by atoms with Crippen molar-refractivity contribution in [2.45, 2.75) is 5.03 Å². The lowest BCUT2D eigenvalue weighted by molar-refractivity contribution is 0.0692. The summed E-state index contributed by atoms with van der Waals surface area (Å²) in [6.07, 6.45) is 1.45. The number of pyridine rings is 1. The van der Waals surface area contributed by atoms with Crippen LogP contribution in [0.15, 0.2) is 17.3 Å². The van der Waals surface area contributed by atoms with E-state index in [9.17, 15) is 4.79 Å². The van der Waals surface area contributed by atoms with Gasteiger partial charge in [-0.3, -0.25) is 0 Å². The minimum atomic E-state index is -1.02. The minimum Gasteiger partial charge on any atom is -0.478 e. The second kappa shape index (κ2) is 5.57. The van der Waals surface area contributed by atoms with Crippen LogP contribution in [0.4, 0.5) is 5.69 Å². The molecule has 1 heterocycles. The van der Waals surface area contributed by atoms with Gasteiger partial charge >= 0.3 is 5.97 Å². The third-order valence-corrected chi connectivity index (χ3v) is 2.60. The number of nitrogen functional groups attached to an aromatic ring is 1. The summed E-state index contributed by atoms with van der Waals surface area (Å²) in [5.41, 5.74) is 5.95. The van der Waals surface area contributed by atoms with Gasteiger partial charge in [-0.25, -0.2) is 9.78 Å². The molecule has 0 unspecified atom stereocenters. The highest BCUT2D eigenvalue weighted by Gasteiger charge is 2.11. The highest BCUT2D eigenvalue weighted by molar-refractivity contribution is 7.99. The van der Waals surface area contributed by atoms with E-state index in [0.29, 0.717) is 23.1 Å². The zero-order valence-electron chi connectivity index (χ0n) is 8.27. The zero-order valence-corrected chi connectivity index (χ0v) is 9.08. The van der Waals surface area contributed by atoms with Crippen LogP contribution in [0.25, 0.3) is 0 Å². The van der Waals surface area contributed by atoms with Crippen LogP contribution in [0.2, 0.25) is 0 Å². The normalized spacial score (nSPS) is 10.2. The molecular weight excluding hydrogens is 216 g/mol. The Labute approximate surface area is 91.6 Å². The predicted octanol–water partition coefficient (Wildman–Crippen LogP) is 1.10. The summed E-state index contributed by atoms with van der Waals surface area (Å²) in [6, 6.07) is 1.41. The molecule has 0 spiro atoms. The van der Waals surface area contributed by atoms with Gasteiger partial charge < -0.3 is 15.6 Å². The molecule has 0 amide bonds. The van der Waals surface area contributed by atoms with Crippen molar-refractivity contribution in [3.05, 3.63) is 17.8 Å². The summed E-state index contributed by atoms with van der Waals surface area (Å²) in [5, 5.41) is 9.37. The van der Waals surface area contributed by atoms with Gasteiger partial charge in [0, 0.05) is 12.9 Å². The number of hydrogen-bond donors (Lipinski definition) is 2. The van der Waals surface area contributed by atoms with Gasteiger partial charge in [0.05, 0.1) is 24.1 Å². The first kappa shape index (κ1) is 11.8. The SMILES string of the molecule is COCCSc1ncc(N)cc1C(=O)O. The summed E-state index contributed by atoms with van der Waals surface area (Å²) < 4.78 is 4.87. The van der Waals surface area contributed by atoms with Crippen LogP contribution in [0, 0.1) is 0 Å². The summed E-state index contributed by atoms with van der Waals surface area (Å²) in [5.74, 6) is -0.358. The van der Waals surface area contributed by atoms with Crippen LogP contribution in [0.1, 0.15) is 10.4 Å². The Morgan fingerprint density at radius 3 is 3.07 bits per heavy atom. The van der Waals surface area contributed by atoms with Gasteiger partial charge in [0.2, 0.25) is 0 Å². The van der Waals surface area contributed by atoms with Crippen molar-refractivity contribution < 1.29 is 14.6 Å². The monoisotopic (exact) mass is 228 g/mol. The fourth-order valence-corrected chi connectivity index (χ4v) is 1.83. The van der Waals surface area contributed by atoms with E-state index in [2.05, 4.69) is 4.98 Å². The molecule has 0 saturated carbocycles. The highest BCUT2D eigenvalue weighted by Crippen LogP contribution is 2.21. The Morgan fingerprint density at radius 2 is 2.47 bits per heavy atom. The third kappa shape index (κ3) is 3.41. The number of methoxy groups -OCH3 is 1. The van der Waals surface area contributed by atoms with Gasteiger partial charge in [-0.2, -0.15) is 0 Å². The quantitative estimate of drug-likeness (QED) is 0.580. The lowest BCUT2D eigenvalue weighted by Gasteiger charge is -2.04. The van der Waals surface area contributed by atoms with Gasteiger partial charge in [0.1, 0.15) is 5.03 Å². The van der Waals surface area contributed by atoms with Crippen molar-refractivity contribution in [3.63, 3.8) is 0 Å². The average Bonchev–Trinajstić information content (AvgIpc) is 2.20. The number of anilines is 1. The molecule has 1 rings (SSSR count). The molecule has 1 aromatic rings. The van der Waals surface area contributed by atoms with E-state index in [4.69, 9.17) is 15.6 Å². The summed E-state index contributed by atoms with van der Waals surface area (Å²) >= 11 is 1.34. The fourth-order valence-electron chi connectivity index (χ4n) is 0.958. The molecular formula is C9H12N2O3S. The topological polar surface area (TPSA) is 85.4 Å². The number of carbonyl (C=O) groups is 1. The fraction of sp³-hybridized carbons (Fsp3) is 0.333. The Morgan fingerprint density at radius 1 is 1.73 bits per heavy atom. The molecule has 82 valence electrons. The van der Waals surface area contributed by atoms with Gasteiger partial charge in [0.15, 0.2) is 0 Å². The molecule has 0 radical (unpaired) electrons. The molecule has 6 heteroatoms. The van der Waals surface area contributed by atoms with Crippen molar-refractivity contribution in [1.29, 1.82) is 0 Å². The number of thioether (sulfide) groups is 1. The summed E-state index contributed by atoms with van der Waals surface area (Å²) in [6.45, 7) is 0.551. The van der Waals surface area contributed by atoms with Gasteiger partial charge in [0.25, 0.3) is 0 Å². The second-order valence-corrected chi connectivity index (χ2v) is 3.85. The van der Waals surface area contributed by atoms with Crippen molar-refractivity contribution in [2.75, 3.05) is 25.2 Å². The van der Waals surface area contributed by atoms with E-state index in [1.54, 1.807) is 7.11 Å². The van der Waals surface area contributed by atoms with Crippen LogP contribution < -0.4 is 5.73 Å². The number of aromatic nitrogens is 1. The van der Waals surface area contributed by atoms with Crippen LogP contribution in [0.5, 0.6) is 0 Å². The zero-order chi connectivity index (χ0) is 11.3. The standard InChI is InChI=1S/C9H12N2O3S/c1-14-2-3-15-8-7(9(12)13)4-6(10)5-11-8/h4-5H,2-3,10H2,1H3,(H,12,13). The maximum absolute atomic E-state index is 10.9. The Bertz CT molecular complexity index is 357. The van der Waals surface area contributed by atoms with Crippen LogP contribution in [-0.2, 0) is 4.74 Å². The lowest BCUT2D eigenvalue weighted by atomic mass is 10.3. The minimum absolute atomic E-state index is 0.135. The molecule has 0 fully saturated rings. The number of ether oxygens (including phenoxy) is 1. The van der Waals surface area contributed by atoms with E-state index < -0.39 is 5.97 Å². The van der Waals surface area contributed by atoms with E-state index in [1.807, 2.05) is 0 Å². The number of nitrogens with two attached hydrogens (primary N) is 1. The molecule has 3 N–H and O–H groups in total. The molecule has 1 aromatic heterocycles. The Hall–Kier alpha value is -1.27. The number of rotatable bonds is 5. The summed E-state index contributed by atoms with van der Waals surface area (Å²) in [4.78, 5) is 14.8. The largest absolute Gasteiger partial charge is 0.478 e. The molecule has 5 nitrogen and oxygen atoms in total. The first-order valence-electron chi connectivity index (χ1n) is 4.25. The molecule has 0 bridgehead atoms. The number of carboxylic acid groups (broad SMARTS) is 1. The first-order valence-corrected chi connectivity index (χ1v) is 5.24. The van der Waals surface area contributed by atoms with E-state index >= 15 is 0 Å². The first-order chi connectivity index (χ1) is 7.15. The molecule has 0 aromatic carbocycles. The third-order valence-electron chi connectivity index (χ3n) is 1.63. The van der Waals surface area contributed by atoms with Gasteiger partial charge in [-0.05, 0) is 6.07 Å². The van der Waals surface area contributed by atoms with Gasteiger partial charge in [-0.1, -0.05) is 0 Å². The van der Waals surface area contributed by atoms with Crippen molar-refractivity contribution in [2.24, 2.45) is 0 Å². The van der Waals surface area contributed by atoms with Crippen LogP contribution >= 0.6 is 11.8 Å². The second-order valence-electron chi connectivity index (χ2n) is 2.77. The van der Waals surface area contributed by atoms with E-state index in [0.717, 1.165) is 0 Å².